The molecule has 0 aromatic carbocycles. The molecule has 1 aliphatic carbocycles. The van der Waals surface area contributed by atoms with Crippen LogP contribution in [0.2, 0.25) is 0 Å². The van der Waals surface area contributed by atoms with Crippen LogP contribution in [0.3, 0.4) is 0 Å². The molecule has 3 nitrogen and oxygen atoms in total. The Balaban J connectivity index is 2.22. The molecule has 0 radical (unpaired) electrons. The van der Waals surface area contributed by atoms with Gasteiger partial charge in [-0.2, -0.15) is 0 Å². The van der Waals surface area contributed by atoms with Crippen LogP contribution in [-0.4, -0.2) is 17.6 Å². The second-order valence-electron chi connectivity index (χ2n) is 5.27. The van der Waals surface area contributed by atoms with E-state index in [0.29, 0.717) is 12.0 Å². The van der Waals surface area contributed by atoms with Gasteiger partial charge in [0, 0.05) is 18.7 Å². The van der Waals surface area contributed by atoms with Gasteiger partial charge in [0.25, 0.3) is 0 Å². The molecule has 0 aliphatic heterocycles. The molecule has 1 fully saturated rings. The highest BCUT2D eigenvalue weighted by molar-refractivity contribution is 5.48. The monoisotopic (exact) mass is 255 g/mol. The number of hydrogen-bond donors (Lipinski definition) is 1. The van der Waals surface area contributed by atoms with Crippen LogP contribution in [0.4, 0.5) is 20.4 Å². The molecule has 0 saturated heterocycles. The smallest absolute Gasteiger partial charge is 0.168 e. The van der Waals surface area contributed by atoms with Crippen molar-refractivity contribution in [3.05, 3.63) is 17.7 Å². The zero-order chi connectivity index (χ0) is 13.3. The van der Waals surface area contributed by atoms with Crippen molar-refractivity contribution in [1.29, 1.82) is 0 Å². The molecule has 1 aromatic heterocycles. The predicted octanol–water partition coefficient (Wildman–Crippen LogP) is 2.96. The molecule has 5 heteroatoms. The summed E-state index contributed by atoms with van der Waals surface area (Å²) in [4.78, 5) is 5.79. The number of aromatic nitrogens is 1. The van der Waals surface area contributed by atoms with E-state index in [1.54, 1.807) is 0 Å². The third-order valence-corrected chi connectivity index (χ3v) is 3.15. The normalized spacial score (nSPS) is 15.2. The highest BCUT2D eigenvalue weighted by atomic mass is 19.1. The Morgan fingerprint density at radius 3 is 2.61 bits per heavy atom. The number of pyridine rings is 1. The molecule has 1 saturated carbocycles. The van der Waals surface area contributed by atoms with E-state index >= 15 is 0 Å². The van der Waals surface area contributed by atoms with E-state index in [2.05, 4.69) is 18.8 Å². The summed E-state index contributed by atoms with van der Waals surface area (Å²) in [7, 11) is 0. The minimum atomic E-state index is -0.796. The van der Waals surface area contributed by atoms with Crippen molar-refractivity contribution in [2.24, 2.45) is 5.92 Å². The summed E-state index contributed by atoms with van der Waals surface area (Å²) >= 11 is 0. The second kappa shape index (κ2) is 5.08. The van der Waals surface area contributed by atoms with Gasteiger partial charge in [0.1, 0.15) is 0 Å². The standard InChI is InChI=1S/C13H19F2N3/c1-8(2)5-6-18(9-3-4-9)13-11(15)7-10(14)12(16)17-13/h7-9H,3-6H2,1-2H3,(H2,16,17). The Bertz CT molecular complexity index is 430. The van der Waals surface area contributed by atoms with Crippen LogP contribution in [0.1, 0.15) is 33.1 Å². The lowest BCUT2D eigenvalue weighted by atomic mass is 10.1. The van der Waals surface area contributed by atoms with Crippen LogP contribution in [0, 0.1) is 17.6 Å². The Labute approximate surface area is 106 Å². The van der Waals surface area contributed by atoms with Crippen LogP contribution < -0.4 is 10.6 Å². The van der Waals surface area contributed by atoms with Crippen molar-refractivity contribution in [2.75, 3.05) is 17.2 Å². The largest absolute Gasteiger partial charge is 0.381 e. The lowest BCUT2D eigenvalue weighted by Crippen LogP contribution is -2.30. The highest BCUT2D eigenvalue weighted by Gasteiger charge is 2.32. The molecule has 0 unspecified atom stereocenters. The minimum absolute atomic E-state index is 0.192. The minimum Gasteiger partial charge on any atom is -0.381 e. The first kappa shape index (κ1) is 13.1. The summed E-state index contributed by atoms with van der Waals surface area (Å²) in [6.45, 7) is 4.97. The van der Waals surface area contributed by atoms with Gasteiger partial charge in [-0.15, -0.1) is 0 Å². The van der Waals surface area contributed by atoms with Gasteiger partial charge in [0.2, 0.25) is 0 Å². The van der Waals surface area contributed by atoms with Gasteiger partial charge >= 0.3 is 0 Å². The Kier molecular flexibility index (Phi) is 3.68. The third kappa shape index (κ3) is 2.89. The van der Waals surface area contributed by atoms with Crippen LogP contribution in [-0.2, 0) is 0 Å². The quantitative estimate of drug-likeness (QED) is 0.879. The van der Waals surface area contributed by atoms with Gasteiger partial charge in [-0.3, -0.25) is 0 Å². The van der Waals surface area contributed by atoms with E-state index in [9.17, 15) is 8.78 Å². The summed E-state index contributed by atoms with van der Waals surface area (Å²) in [5.74, 6) is -0.932. The maximum absolute atomic E-state index is 13.8. The fraction of sp³-hybridized carbons (Fsp3) is 0.615. The first-order valence-electron chi connectivity index (χ1n) is 6.37. The van der Waals surface area contributed by atoms with Gasteiger partial charge in [-0.1, -0.05) is 13.8 Å². The van der Waals surface area contributed by atoms with Gasteiger partial charge in [0.05, 0.1) is 0 Å². The summed E-state index contributed by atoms with van der Waals surface area (Å²) < 4.78 is 26.9. The molecule has 2 rings (SSSR count). The zero-order valence-electron chi connectivity index (χ0n) is 10.8. The molecule has 0 amide bonds. The van der Waals surface area contributed by atoms with Crippen molar-refractivity contribution in [3.63, 3.8) is 0 Å². The number of nitrogens with zero attached hydrogens (tertiary/aromatic N) is 2. The first-order chi connectivity index (χ1) is 8.49. The SMILES string of the molecule is CC(C)CCN(c1nc(N)c(F)cc1F)C1CC1. The van der Waals surface area contributed by atoms with E-state index in [-0.39, 0.29) is 11.6 Å². The van der Waals surface area contributed by atoms with Crippen molar-refractivity contribution in [3.8, 4) is 0 Å². The molecule has 0 atom stereocenters. The number of anilines is 2. The van der Waals surface area contributed by atoms with Crippen molar-refractivity contribution < 1.29 is 8.78 Å². The third-order valence-electron chi connectivity index (χ3n) is 3.15. The number of halogens is 2. The van der Waals surface area contributed by atoms with E-state index in [1.165, 1.54) is 0 Å². The number of nitrogens with two attached hydrogens (primary N) is 1. The van der Waals surface area contributed by atoms with Crippen LogP contribution >= 0.6 is 0 Å². The average Bonchev–Trinajstić information content (AvgIpc) is 3.09. The molecule has 0 bridgehead atoms. The number of hydrogen-bond acceptors (Lipinski definition) is 3. The fourth-order valence-electron chi connectivity index (χ4n) is 1.92. The fourth-order valence-corrected chi connectivity index (χ4v) is 1.92. The lowest BCUT2D eigenvalue weighted by molar-refractivity contribution is 0.544. The number of nitrogen functional groups attached to an aromatic ring is 1. The van der Waals surface area contributed by atoms with Gasteiger partial charge in [0.15, 0.2) is 23.3 Å². The molecular weight excluding hydrogens is 236 g/mol. The average molecular weight is 255 g/mol. The first-order valence-corrected chi connectivity index (χ1v) is 6.37. The van der Waals surface area contributed by atoms with Crippen molar-refractivity contribution in [1.82, 2.24) is 4.98 Å². The molecule has 1 aliphatic rings. The summed E-state index contributed by atoms with van der Waals surface area (Å²) in [5, 5.41) is 0. The molecule has 0 spiro atoms. The summed E-state index contributed by atoms with van der Waals surface area (Å²) in [6, 6.07) is 1.15. The lowest BCUT2D eigenvalue weighted by Gasteiger charge is -2.25. The molecule has 18 heavy (non-hydrogen) atoms. The van der Waals surface area contributed by atoms with Crippen molar-refractivity contribution >= 4 is 11.6 Å². The van der Waals surface area contributed by atoms with E-state index in [1.807, 2.05) is 4.90 Å². The van der Waals surface area contributed by atoms with E-state index in [4.69, 9.17) is 5.73 Å². The maximum Gasteiger partial charge on any atom is 0.168 e. The van der Waals surface area contributed by atoms with E-state index < -0.39 is 11.6 Å². The summed E-state index contributed by atoms with van der Waals surface area (Å²) in [6.07, 6.45) is 3.03. The predicted molar refractivity (Wildman–Crippen MR) is 68.4 cm³/mol. The number of rotatable bonds is 5. The zero-order valence-corrected chi connectivity index (χ0v) is 10.8. The molecule has 1 aromatic rings. The maximum atomic E-state index is 13.8. The second-order valence-corrected chi connectivity index (χ2v) is 5.27. The molecular formula is C13H19F2N3. The topological polar surface area (TPSA) is 42.2 Å². The van der Waals surface area contributed by atoms with Crippen LogP contribution in [0.25, 0.3) is 0 Å². The molecule has 1 heterocycles. The Morgan fingerprint density at radius 1 is 1.39 bits per heavy atom. The Hall–Kier alpha value is -1.39. The van der Waals surface area contributed by atoms with Gasteiger partial charge < -0.3 is 10.6 Å². The van der Waals surface area contributed by atoms with Crippen LogP contribution in [0.15, 0.2) is 6.07 Å². The van der Waals surface area contributed by atoms with Gasteiger partial charge in [-0.05, 0) is 25.2 Å². The van der Waals surface area contributed by atoms with Gasteiger partial charge in [-0.25, -0.2) is 13.8 Å². The van der Waals surface area contributed by atoms with E-state index in [0.717, 1.165) is 31.9 Å². The molecule has 100 valence electrons. The van der Waals surface area contributed by atoms with Crippen molar-refractivity contribution in [2.45, 2.75) is 39.2 Å². The van der Waals surface area contributed by atoms with Crippen LogP contribution in [0.5, 0.6) is 0 Å². The highest BCUT2D eigenvalue weighted by Crippen LogP contribution is 2.33. The Morgan fingerprint density at radius 2 is 2.06 bits per heavy atom. The molecule has 2 N–H and O–H groups in total. The summed E-state index contributed by atoms with van der Waals surface area (Å²) in [5.41, 5.74) is 5.42.